The maximum absolute atomic E-state index is 14.0. The van der Waals surface area contributed by atoms with Crippen LogP contribution < -0.4 is 9.47 Å². The van der Waals surface area contributed by atoms with E-state index in [0.717, 1.165) is 44.5 Å². The average Bonchev–Trinajstić information content (AvgIpc) is 0.822. The molecule has 584 valence electrons. The number of carbonyl (C=O) groups excluding carboxylic acids is 2. The number of aromatic hydroxyl groups is 6. The van der Waals surface area contributed by atoms with E-state index in [1.165, 1.54) is 0 Å². The highest BCUT2D eigenvalue weighted by Gasteiger charge is 2.33. The molecule has 2 aliphatic rings. The minimum Gasteiger partial charge on any atom is -0.507 e. The quantitative estimate of drug-likeness (QED) is 0.0784. The summed E-state index contributed by atoms with van der Waals surface area (Å²) in [6.45, 7) is 50.2. The Morgan fingerprint density at radius 2 is 0.349 bits per heavy atom. The largest absolute Gasteiger partial charge is 0.507 e. The Morgan fingerprint density at radius 1 is 0.211 bits per heavy atom. The maximum Gasteiger partial charge on any atom is 0.344 e. The summed E-state index contributed by atoms with van der Waals surface area (Å²) in [7, 11) is 0. The number of phenols is 6. The minimum atomic E-state index is -0.628. The summed E-state index contributed by atoms with van der Waals surface area (Å²) in [6.07, 6.45) is 1.14. The number of hydrogen-bond donors (Lipinski definition) is 6. The molecule has 0 saturated heterocycles. The third-order valence-corrected chi connectivity index (χ3v) is 21.7. The average molecular weight is 1480 g/mol. The van der Waals surface area contributed by atoms with Gasteiger partial charge < -0.3 is 54.3 Å². The molecule has 6 N–H and O–H groups in total. The highest BCUT2D eigenvalue weighted by molar-refractivity contribution is 5.72. The molecule has 13 heteroatoms. The van der Waals surface area contributed by atoms with Crippen molar-refractivity contribution < 1.29 is 63.9 Å². The fourth-order valence-corrected chi connectivity index (χ4v) is 14.6. The Labute approximate surface area is 649 Å². The fraction of sp³-hybridized carbons (Fsp3) is 0.479. The number of esters is 2. The molecular formula is C96H122O13. The summed E-state index contributed by atoms with van der Waals surface area (Å²) in [5, 5.41) is 78.2. The first-order chi connectivity index (χ1) is 50.3. The van der Waals surface area contributed by atoms with Crippen LogP contribution in [0.4, 0.5) is 0 Å². The van der Waals surface area contributed by atoms with E-state index >= 15 is 0 Å². The highest BCUT2D eigenvalue weighted by atomic mass is 16.6. The van der Waals surface area contributed by atoms with Crippen LogP contribution in [0.3, 0.4) is 0 Å². The van der Waals surface area contributed by atoms with Crippen molar-refractivity contribution in [3.05, 3.63) is 231 Å². The summed E-state index contributed by atoms with van der Waals surface area (Å²) in [5.41, 5.74) is 14.1. The molecule has 0 saturated carbocycles. The van der Waals surface area contributed by atoms with Crippen LogP contribution in [0.2, 0.25) is 0 Å². The Hall–Kier alpha value is -8.94. The van der Waals surface area contributed by atoms with Crippen molar-refractivity contribution in [2.45, 2.75) is 261 Å². The molecule has 0 spiro atoms. The van der Waals surface area contributed by atoms with Gasteiger partial charge in [-0.2, -0.15) is 0 Å². The number of hydrogen-bond acceptors (Lipinski definition) is 13. The molecule has 0 amide bonds. The molecule has 10 rings (SSSR count). The molecule has 1 heterocycles. The molecule has 8 aromatic carbocycles. The minimum absolute atomic E-state index is 0.0318. The lowest BCUT2D eigenvalue weighted by Crippen LogP contribution is -2.22. The summed E-state index contributed by atoms with van der Waals surface area (Å²) in [4.78, 5) is 28.0. The second-order valence-electron chi connectivity index (χ2n) is 39.2. The smallest absolute Gasteiger partial charge is 0.344 e. The van der Waals surface area contributed by atoms with Crippen LogP contribution in [-0.2, 0) is 118 Å². The van der Waals surface area contributed by atoms with Gasteiger partial charge in [-0.05, 0) is 177 Å². The van der Waals surface area contributed by atoms with E-state index in [4.69, 9.17) is 23.7 Å². The molecule has 8 aromatic rings. The van der Waals surface area contributed by atoms with E-state index in [9.17, 15) is 40.2 Å². The van der Waals surface area contributed by atoms with E-state index in [-0.39, 0.29) is 112 Å². The van der Waals surface area contributed by atoms with Gasteiger partial charge in [0.15, 0.2) is 13.2 Å². The van der Waals surface area contributed by atoms with Gasteiger partial charge in [0, 0.05) is 51.4 Å². The molecule has 0 unspecified atom stereocenters. The predicted octanol–water partition coefficient (Wildman–Crippen LogP) is 20.2. The maximum atomic E-state index is 14.0. The number of ether oxygens (including phenoxy) is 5. The number of cyclic esters (lactones) is 2. The summed E-state index contributed by atoms with van der Waals surface area (Å²) in [6, 6.07) is 32.8. The fourth-order valence-electron chi connectivity index (χ4n) is 14.6. The number of rotatable bonds is 0. The first kappa shape index (κ1) is 82.6. The molecule has 0 aromatic heterocycles. The predicted molar refractivity (Wildman–Crippen MR) is 437 cm³/mol. The molecule has 18 bridgehead atoms. The molecule has 1 aliphatic heterocycles. The monoisotopic (exact) mass is 1480 g/mol. The molecule has 0 atom stereocenters. The Balaban J connectivity index is 1.31. The second kappa shape index (κ2) is 30.7. The van der Waals surface area contributed by atoms with Crippen LogP contribution in [0.25, 0.3) is 0 Å². The second-order valence-corrected chi connectivity index (χ2v) is 39.2. The van der Waals surface area contributed by atoms with Crippen LogP contribution in [0.1, 0.15) is 300 Å². The van der Waals surface area contributed by atoms with E-state index in [1.807, 2.05) is 72.8 Å². The van der Waals surface area contributed by atoms with Gasteiger partial charge >= 0.3 is 11.9 Å². The molecule has 0 fully saturated rings. The van der Waals surface area contributed by atoms with Crippen LogP contribution in [0, 0.1) is 0 Å². The standard InChI is InChI=1S/C96H122O13/c1-89(2,3)71-37-55-29-56-38-72(90(4,5)6)40-58(82(56)100)31-60-42-74(92(10,11)12)44-62(84(60)102)33-64-46-76(94(16,17)18)48-66(86(64)104)35-68-50-78(96(22,23)24)52-70-36-69-51-77(95(19,20)21)49-67(87(69)108-53-79(97)106-27-25-105-26-28-107-80(98)54-109-88(68)70)34-65-47-75(93(13,14)15)45-63(85(65)103)32-61-43-73(91(7,8)9)41-59(83(61)101)30-57(39-71)81(55)99/h37-52,99-104H,25-36,53-54H2,1-24H3. The van der Waals surface area contributed by atoms with Gasteiger partial charge in [0.1, 0.15) is 59.2 Å². The van der Waals surface area contributed by atoms with Gasteiger partial charge in [0.2, 0.25) is 0 Å². The van der Waals surface area contributed by atoms with E-state index in [0.29, 0.717) is 101 Å². The Bertz CT molecular complexity index is 4470. The molecule has 1 aliphatic carbocycles. The lowest BCUT2D eigenvalue weighted by atomic mass is 9.79. The summed E-state index contributed by atoms with van der Waals surface area (Å²) >= 11 is 0. The van der Waals surface area contributed by atoms with Gasteiger partial charge in [-0.15, -0.1) is 0 Å². The summed E-state index contributed by atoms with van der Waals surface area (Å²) < 4.78 is 31.0. The first-order valence-electron chi connectivity index (χ1n) is 38.9. The zero-order chi connectivity index (χ0) is 80.4. The lowest BCUT2D eigenvalue weighted by molar-refractivity contribution is -0.149. The van der Waals surface area contributed by atoms with Gasteiger partial charge in [-0.1, -0.05) is 263 Å². The van der Waals surface area contributed by atoms with Gasteiger partial charge in [-0.25, -0.2) is 9.59 Å². The molecule has 0 radical (unpaired) electrons. The van der Waals surface area contributed by atoms with Gasteiger partial charge in [0.05, 0.1) is 13.2 Å². The third kappa shape index (κ3) is 19.4. The number of fused-ring (bicyclic) bond motifs is 12. The van der Waals surface area contributed by atoms with E-state index in [1.54, 1.807) is 0 Å². The molecular weight excluding hydrogens is 1360 g/mol. The van der Waals surface area contributed by atoms with E-state index in [2.05, 4.69) is 190 Å². The van der Waals surface area contributed by atoms with Crippen LogP contribution in [0.5, 0.6) is 46.0 Å². The van der Waals surface area contributed by atoms with Crippen molar-refractivity contribution in [3.8, 4) is 46.0 Å². The first-order valence-corrected chi connectivity index (χ1v) is 38.9. The third-order valence-electron chi connectivity index (χ3n) is 21.7. The zero-order valence-corrected chi connectivity index (χ0v) is 69.7. The normalized spacial score (nSPS) is 15.3. The van der Waals surface area contributed by atoms with Crippen molar-refractivity contribution in [3.63, 3.8) is 0 Å². The van der Waals surface area contributed by atoms with Crippen molar-refractivity contribution in [1.82, 2.24) is 0 Å². The van der Waals surface area contributed by atoms with Crippen LogP contribution in [0.15, 0.2) is 97.1 Å². The number of benzene rings is 8. The molecule has 13 nitrogen and oxygen atoms in total. The zero-order valence-electron chi connectivity index (χ0n) is 69.7. The van der Waals surface area contributed by atoms with Crippen molar-refractivity contribution in [2.24, 2.45) is 0 Å². The highest BCUT2D eigenvalue weighted by Crippen LogP contribution is 2.47. The lowest BCUT2D eigenvalue weighted by Gasteiger charge is -2.28. The number of carbonyl (C=O) groups is 2. The SMILES string of the molecule is CC(C)(C)c1cc2c(O)c(c1)Cc1cc(C(C)(C)C)cc(c1O)Cc1cc(C(C)(C)C)cc(c1O)Cc1cc(C(C)(C)C)cc3c1OCC(=O)OCCOCCOC(=O)COc1c(cc(C(C)(C)C)cc1C3)Cc1cc(C(C)(C)C)cc(c1O)Cc1cc(C(C)(C)C)cc(c1O)Cc1cc(C(C)(C)C)cc(c1O)C2. The van der Waals surface area contributed by atoms with Crippen LogP contribution >= 0.6 is 0 Å². The van der Waals surface area contributed by atoms with Crippen molar-refractivity contribution >= 4 is 11.9 Å². The summed E-state index contributed by atoms with van der Waals surface area (Å²) in [5.74, 6) is -0.225. The number of phenolic OH excluding ortho intramolecular Hbond substituents is 6. The van der Waals surface area contributed by atoms with Gasteiger partial charge in [0.25, 0.3) is 0 Å². The van der Waals surface area contributed by atoms with Crippen molar-refractivity contribution in [2.75, 3.05) is 39.6 Å². The van der Waals surface area contributed by atoms with E-state index < -0.39 is 68.5 Å². The Kier molecular flexibility index (Phi) is 23.3. The van der Waals surface area contributed by atoms with Crippen molar-refractivity contribution in [1.29, 1.82) is 0 Å². The topological polar surface area (TPSA) is 202 Å². The van der Waals surface area contributed by atoms with Crippen LogP contribution in [-0.4, -0.2) is 82.2 Å². The van der Waals surface area contributed by atoms with Gasteiger partial charge in [-0.3, -0.25) is 0 Å². The molecule has 109 heavy (non-hydrogen) atoms. The Morgan fingerprint density at radius 3 is 0.505 bits per heavy atom.